The second-order valence-electron chi connectivity index (χ2n) is 8.69. The molecule has 0 atom stereocenters. The Morgan fingerprint density at radius 3 is 2.47 bits per heavy atom. The minimum absolute atomic E-state index is 0.0715. The van der Waals surface area contributed by atoms with E-state index in [1.807, 2.05) is 11.9 Å². The van der Waals surface area contributed by atoms with Crippen LogP contribution in [-0.2, 0) is 6.54 Å². The molecule has 2 amide bonds. The van der Waals surface area contributed by atoms with Crippen molar-refractivity contribution < 1.29 is 19.4 Å². The normalized spacial score (nSPS) is 11.5. The SMILES string of the molecule is COc1cc(Cl)cc(C(=O)Nc2ccc(Cl)cn2)c1NC(=O)c1scc(CN(C)CC(C)(C)O)c1Cl. The van der Waals surface area contributed by atoms with Crippen LogP contribution >= 0.6 is 46.1 Å². The third kappa shape index (κ3) is 7.32. The molecule has 0 fully saturated rings. The number of halogens is 3. The number of methoxy groups -OCH3 is 1. The molecule has 2 aromatic heterocycles. The van der Waals surface area contributed by atoms with E-state index in [1.165, 1.54) is 36.8 Å². The quantitative estimate of drug-likeness (QED) is 0.299. The zero-order valence-electron chi connectivity index (χ0n) is 20.0. The van der Waals surface area contributed by atoms with E-state index in [0.29, 0.717) is 23.1 Å². The van der Waals surface area contributed by atoms with Gasteiger partial charge < -0.3 is 20.5 Å². The molecule has 2 heterocycles. The lowest BCUT2D eigenvalue weighted by Gasteiger charge is -2.25. The third-order valence-corrected chi connectivity index (χ3v) is 6.86. The summed E-state index contributed by atoms with van der Waals surface area (Å²) in [6, 6.07) is 6.03. The maximum Gasteiger partial charge on any atom is 0.267 e. The van der Waals surface area contributed by atoms with Gasteiger partial charge in [-0.25, -0.2) is 4.98 Å². The van der Waals surface area contributed by atoms with Crippen molar-refractivity contribution in [1.82, 2.24) is 9.88 Å². The van der Waals surface area contributed by atoms with E-state index in [9.17, 15) is 14.7 Å². The summed E-state index contributed by atoms with van der Waals surface area (Å²) in [5.74, 6) is -0.613. The van der Waals surface area contributed by atoms with Crippen molar-refractivity contribution in [1.29, 1.82) is 0 Å². The van der Waals surface area contributed by atoms with Crippen molar-refractivity contribution in [3.63, 3.8) is 0 Å². The van der Waals surface area contributed by atoms with Crippen LogP contribution in [0.1, 0.15) is 39.4 Å². The Morgan fingerprint density at radius 2 is 1.86 bits per heavy atom. The number of nitrogens with zero attached hydrogens (tertiary/aromatic N) is 2. The fourth-order valence-electron chi connectivity index (χ4n) is 3.50. The molecule has 3 N–H and O–H groups in total. The first-order valence-corrected chi connectivity index (χ1v) is 12.7. The molecule has 3 rings (SSSR count). The smallest absolute Gasteiger partial charge is 0.267 e. The number of likely N-dealkylation sites (N-methyl/N-ethyl adjacent to an activating group) is 1. The summed E-state index contributed by atoms with van der Waals surface area (Å²) in [5.41, 5.74) is 0.0698. The van der Waals surface area contributed by atoms with Gasteiger partial charge in [0.2, 0.25) is 0 Å². The van der Waals surface area contributed by atoms with Crippen LogP contribution in [0.5, 0.6) is 5.75 Å². The number of ether oxygens (including phenoxy) is 1. The Kier molecular flexibility index (Phi) is 9.21. The van der Waals surface area contributed by atoms with Crippen LogP contribution in [0.15, 0.2) is 35.8 Å². The lowest BCUT2D eigenvalue weighted by Crippen LogP contribution is -2.35. The number of thiophene rings is 1. The second-order valence-corrected chi connectivity index (χ2v) is 10.8. The first kappa shape index (κ1) is 28.2. The van der Waals surface area contributed by atoms with E-state index < -0.39 is 17.4 Å². The predicted molar refractivity (Wildman–Crippen MR) is 145 cm³/mol. The van der Waals surface area contributed by atoms with Crippen LogP contribution in [0.4, 0.5) is 11.5 Å². The number of hydrogen-bond donors (Lipinski definition) is 3. The van der Waals surface area contributed by atoms with Crippen molar-refractivity contribution in [2.75, 3.05) is 31.3 Å². The minimum Gasteiger partial charge on any atom is -0.494 e. The van der Waals surface area contributed by atoms with Gasteiger partial charge in [0.1, 0.15) is 16.4 Å². The van der Waals surface area contributed by atoms with Crippen molar-refractivity contribution >= 4 is 69.5 Å². The molecule has 0 aliphatic rings. The highest BCUT2D eigenvalue weighted by atomic mass is 35.5. The van der Waals surface area contributed by atoms with Gasteiger partial charge in [-0.05, 0) is 50.0 Å². The number of carbonyl (C=O) groups excluding carboxylic acids is 2. The summed E-state index contributed by atoms with van der Waals surface area (Å²) in [4.78, 5) is 32.5. The van der Waals surface area contributed by atoms with Crippen molar-refractivity contribution in [3.8, 4) is 5.75 Å². The largest absolute Gasteiger partial charge is 0.494 e. The monoisotopic (exact) mass is 570 g/mol. The number of aliphatic hydroxyl groups is 1. The standard InChI is InChI=1S/C24H25Cl3N4O4S/c1-24(2,34)12-31(3)10-13-11-36-21(19(13)27)23(33)30-20-16(7-15(26)8-17(20)35-4)22(32)29-18-6-5-14(25)9-28-18/h5-9,11,34H,10,12H2,1-4H3,(H,30,33)(H,28,29,32). The summed E-state index contributed by atoms with van der Waals surface area (Å²) in [6.07, 6.45) is 1.40. The lowest BCUT2D eigenvalue weighted by atomic mass is 10.1. The number of benzene rings is 1. The Balaban J connectivity index is 1.86. The molecule has 0 unspecified atom stereocenters. The number of amides is 2. The summed E-state index contributed by atoms with van der Waals surface area (Å²) in [5, 5.41) is 18.2. The first-order chi connectivity index (χ1) is 16.9. The van der Waals surface area contributed by atoms with Gasteiger partial charge in [0.15, 0.2) is 0 Å². The Hall–Kier alpha value is -2.40. The summed E-state index contributed by atoms with van der Waals surface area (Å²) < 4.78 is 5.38. The molecule has 12 heteroatoms. The van der Waals surface area contributed by atoms with E-state index >= 15 is 0 Å². The number of aromatic nitrogens is 1. The van der Waals surface area contributed by atoms with Crippen LogP contribution in [-0.4, -0.2) is 53.1 Å². The second kappa shape index (κ2) is 11.8. The average molecular weight is 572 g/mol. The van der Waals surface area contributed by atoms with Crippen LogP contribution < -0.4 is 15.4 Å². The maximum absolute atomic E-state index is 13.2. The van der Waals surface area contributed by atoms with Gasteiger partial charge >= 0.3 is 0 Å². The minimum atomic E-state index is -0.874. The fourth-order valence-corrected chi connectivity index (χ4v) is 5.06. The predicted octanol–water partition coefficient (Wildman–Crippen LogP) is 5.82. The molecule has 0 saturated carbocycles. The van der Waals surface area contributed by atoms with Gasteiger partial charge in [0.25, 0.3) is 11.8 Å². The zero-order valence-corrected chi connectivity index (χ0v) is 23.1. The molecular formula is C24H25Cl3N4O4S. The Bertz CT molecular complexity index is 1260. The topological polar surface area (TPSA) is 104 Å². The zero-order chi connectivity index (χ0) is 26.6. The number of carbonyl (C=O) groups is 2. The molecule has 192 valence electrons. The Morgan fingerprint density at radius 1 is 1.14 bits per heavy atom. The summed E-state index contributed by atoms with van der Waals surface area (Å²) in [6.45, 7) is 4.30. The number of nitrogens with one attached hydrogen (secondary N) is 2. The molecule has 1 aromatic carbocycles. The highest BCUT2D eigenvalue weighted by molar-refractivity contribution is 7.13. The Labute approximate surface area is 228 Å². The van der Waals surface area contributed by atoms with Crippen LogP contribution in [0.2, 0.25) is 15.1 Å². The van der Waals surface area contributed by atoms with Crippen LogP contribution in [0.3, 0.4) is 0 Å². The molecule has 3 aromatic rings. The van der Waals surface area contributed by atoms with Crippen LogP contribution in [0, 0.1) is 0 Å². The van der Waals surface area contributed by atoms with Crippen molar-refractivity contribution in [3.05, 3.63) is 66.9 Å². The highest BCUT2D eigenvalue weighted by Gasteiger charge is 2.24. The van der Waals surface area contributed by atoms with Gasteiger partial charge in [0, 0.05) is 30.4 Å². The van der Waals surface area contributed by atoms with Crippen molar-refractivity contribution in [2.45, 2.75) is 26.0 Å². The van der Waals surface area contributed by atoms with E-state index in [0.717, 1.165) is 5.56 Å². The lowest BCUT2D eigenvalue weighted by molar-refractivity contribution is 0.0425. The molecular weight excluding hydrogens is 547 g/mol. The molecule has 0 saturated heterocycles. The van der Waals surface area contributed by atoms with Crippen molar-refractivity contribution in [2.24, 2.45) is 0 Å². The molecule has 0 aliphatic carbocycles. The summed E-state index contributed by atoms with van der Waals surface area (Å²) in [7, 11) is 3.25. The van der Waals surface area contributed by atoms with E-state index in [-0.39, 0.29) is 32.7 Å². The first-order valence-electron chi connectivity index (χ1n) is 10.7. The van der Waals surface area contributed by atoms with Gasteiger partial charge in [0.05, 0.1) is 34.0 Å². The van der Waals surface area contributed by atoms with Crippen LogP contribution in [0.25, 0.3) is 0 Å². The maximum atomic E-state index is 13.2. The molecule has 0 aliphatic heterocycles. The van der Waals surface area contributed by atoms with Gasteiger partial charge in [-0.1, -0.05) is 34.8 Å². The molecule has 0 radical (unpaired) electrons. The van der Waals surface area contributed by atoms with E-state index in [2.05, 4.69) is 15.6 Å². The van der Waals surface area contributed by atoms with Gasteiger partial charge in [-0.2, -0.15) is 0 Å². The van der Waals surface area contributed by atoms with Gasteiger partial charge in [-0.15, -0.1) is 11.3 Å². The number of hydrogen-bond acceptors (Lipinski definition) is 7. The highest BCUT2D eigenvalue weighted by Crippen LogP contribution is 2.35. The molecule has 8 nitrogen and oxygen atoms in total. The molecule has 0 spiro atoms. The molecule has 36 heavy (non-hydrogen) atoms. The molecule has 0 bridgehead atoms. The summed E-state index contributed by atoms with van der Waals surface area (Å²) >= 11 is 19.8. The third-order valence-electron chi connectivity index (χ3n) is 4.84. The number of anilines is 2. The average Bonchev–Trinajstić information content (AvgIpc) is 3.14. The number of pyridine rings is 1. The van der Waals surface area contributed by atoms with Gasteiger partial charge in [-0.3, -0.25) is 14.5 Å². The van der Waals surface area contributed by atoms with E-state index in [1.54, 1.807) is 31.4 Å². The number of rotatable bonds is 9. The fraction of sp³-hybridized carbons (Fsp3) is 0.292. The van der Waals surface area contributed by atoms with E-state index in [4.69, 9.17) is 39.5 Å².